The fourth-order valence-corrected chi connectivity index (χ4v) is 4.09. The summed E-state index contributed by atoms with van der Waals surface area (Å²) in [5.41, 5.74) is 5.18. The lowest BCUT2D eigenvalue weighted by Crippen LogP contribution is -2.46. The first kappa shape index (κ1) is 20.2. The molecular formula is C23H28N4O3. The van der Waals surface area contributed by atoms with Crippen LogP contribution in [-0.2, 0) is 22.4 Å². The van der Waals surface area contributed by atoms with Crippen LogP contribution < -0.4 is 5.32 Å². The second-order valence-electron chi connectivity index (χ2n) is 8.97. The van der Waals surface area contributed by atoms with Crippen molar-refractivity contribution in [2.45, 2.75) is 52.2 Å². The number of allylic oxidation sites excluding steroid dienone is 1. The van der Waals surface area contributed by atoms with Gasteiger partial charge in [0, 0.05) is 25.1 Å². The second kappa shape index (κ2) is 7.31. The average Bonchev–Trinajstić information content (AvgIpc) is 2.94. The Labute approximate surface area is 176 Å². The second-order valence-corrected chi connectivity index (χ2v) is 8.97. The van der Waals surface area contributed by atoms with Crippen LogP contribution in [0, 0.1) is 0 Å². The molecule has 2 amide bonds. The molecule has 4 rings (SSSR count). The third-order valence-corrected chi connectivity index (χ3v) is 5.45. The number of hydrogen-bond acceptors (Lipinski definition) is 4. The highest BCUT2D eigenvalue weighted by atomic mass is 16.6. The van der Waals surface area contributed by atoms with Crippen molar-refractivity contribution in [2.24, 2.45) is 0 Å². The van der Waals surface area contributed by atoms with Gasteiger partial charge >= 0.3 is 6.09 Å². The average molecular weight is 409 g/mol. The molecule has 1 aromatic carbocycles. The molecule has 1 N–H and O–H groups in total. The Morgan fingerprint density at radius 2 is 1.97 bits per heavy atom. The molecule has 1 aromatic heterocycles. The van der Waals surface area contributed by atoms with E-state index in [1.807, 2.05) is 56.6 Å². The highest BCUT2D eigenvalue weighted by molar-refractivity contribution is 5.80. The van der Waals surface area contributed by atoms with Crippen molar-refractivity contribution < 1.29 is 14.3 Å². The van der Waals surface area contributed by atoms with Gasteiger partial charge in [0.1, 0.15) is 5.60 Å². The standard InChI is InChI=1S/C23H28N4O3/c1-14(2)15-6-8-16(9-7-15)27-18-10-11-26(22(29)30-23(3,4)5)19-13-24-20(28)12-17(25-27)21(18)19/h6-9,19H,1,10-13H2,2-5H3,(H,24,28)/t19-/m1/s1. The van der Waals surface area contributed by atoms with Crippen LogP contribution >= 0.6 is 0 Å². The molecule has 0 saturated carbocycles. The van der Waals surface area contributed by atoms with Gasteiger partial charge in [0.2, 0.25) is 5.91 Å². The smallest absolute Gasteiger partial charge is 0.410 e. The van der Waals surface area contributed by atoms with Crippen molar-refractivity contribution in [1.82, 2.24) is 20.0 Å². The number of carbonyl (C=O) groups excluding carboxylic acids is 2. The van der Waals surface area contributed by atoms with E-state index >= 15 is 0 Å². The molecular weight excluding hydrogens is 380 g/mol. The monoisotopic (exact) mass is 408 g/mol. The summed E-state index contributed by atoms with van der Waals surface area (Å²) in [6.07, 6.45) is 0.491. The number of benzene rings is 1. The summed E-state index contributed by atoms with van der Waals surface area (Å²) in [6.45, 7) is 12.4. The summed E-state index contributed by atoms with van der Waals surface area (Å²) in [6, 6.07) is 7.80. The van der Waals surface area contributed by atoms with Crippen LogP contribution in [-0.4, -0.2) is 45.4 Å². The third kappa shape index (κ3) is 3.72. The maximum atomic E-state index is 12.9. The van der Waals surface area contributed by atoms with E-state index < -0.39 is 5.60 Å². The lowest BCUT2D eigenvalue weighted by atomic mass is 9.96. The van der Waals surface area contributed by atoms with Crippen LogP contribution in [0.5, 0.6) is 0 Å². The van der Waals surface area contributed by atoms with E-state index in [1.54, 1.807) is 4.90 Å². The highest BCUT2D eigenvalue weighted by Crippen LogP contribution is 2.36. The quantitative estimate of drug-likeness (QED) is 0.826. The first-order valence-electron chi connectivity index (χ1n) is 10.3. The van der Waals surface area contributed by atoms with Gasteiger partial charge in [0.05, 0.1) is 29.5 Å². The molecule has 0 saturated heterocycles. The fraction of sp³-hybridized carbons (Fsp3) is 0.435. The van der Waals surface area contributed by atoms with Gasteiger partial charge in [0.25, 0.3) is 0 Å². The normalized spacial score (nSPS) is 18.3. The van der Waals surface area contributed by atoms with E-state index in [0.29, 0.717) is 19.5 Å². The minimum Gasteiger partial charge on any atom is -0.444 e. The molecule has 2 aliphatic rings. The highest BCUT2D eigenvalue weighted by Gasteiger charge is 2.40. The molecule has 0 fully saturated rings. The minimum absolute atomic E-state index is 0.0846. The van der Waals surface area contributed by atoms with E-state index in [1.165, 1.54) is 0 Å². The molecule has 1 atom stereocenters. The zero-order chi connectivity index (χ0) is 21.6. The maximum absolute atomic E-state index is 12.9. The first-order chi connectivity index (χ1) is 14.1. The lowest BCUT2D eigenvalue weighted by molar-refractivity contribution is -0.120. The van der Waals surface area contributed by atoms with Gasteiger partial charge in [0.15, 0.2) is 0 Å². The van der Waals surface area contributed by atoms with Crippen molar-refractivity contribution in [2.75, 3.05) is 13.1 Å². The SMILES string of the molecule is C=C(C)c1ccc(-n2nc3c4c2CCN(C(=O)OC(C)(C)C)[C@@H]4CNC(=O)C3)cc1. The maximum Gasteiger partial charge on any atom is 0.410 e. The molecule has 0 bridgehead atoms. The van der Waals surface area contributed by atoms with Crippen LogP contribution in [0.15, 0.2) is 30.8 Å². The summed E-state index contributed by atoms with van der Waals surface area (Å²) in [5.74, 6) is -0.0846. The minimum atomic E-state index is -0.580. The molecule has 7 heteroatoms. The van der Waals surface area contributed by atoms with Gasteiger partial charge in [-0.25, -0.2) is 9.48 Å². The van der Waals surface area contributed by atoms with E-state index in [-0.39, 0.29) is 24.5 Å². The molecule has 0 spiro atoms. The van der Waals surface area contributed by atoms with Crippen molar-refractivity contribution in [3.63, 3.8) is 0 Å². The lowest BCUT2D eigenvalue weighted by Gasteiger charge is -2.36. The van der Waals surface area contributed by atoms with Crippen LogP contribution in [0.3, 0.4) is 0 Å². The molecule has 0 aliphatic carbocycles. The molecule has 158 valence electrons. The Kier molecular flexibility index (Phi) is 4.92. The van der Waals surface area contributed by atoms with Gasteiger partial charge in [-0.3, -0.25) is 9.69 Å². The van der Waals surface area contributed by atoms with E-state index in [9.17, 15) is 9.59 Å². The Hall–Kier alpha value is -3.09. The third-order valence-electron chi connectivity index (χ3n) is 5.45. The Morgan fingerprint density at radius 1 is 1.27 bits per heavy atom. The number of nitrogens with one attached hydrogen (secondary N) is 1. The van der Waals surface area contributed by atoms with Crippen LogP contribution in [0.2, 0.25) is 0 Å². The van der Waals surface area contributed by atoms with Gasteiger partial charge in [-0.2, -0.15) is 5.10 Å². The predicted molar refractivity (Wildman–Crippen MR) is 114 cm³/mol. The Bertz CT molecular complexity index is 1010. The number of hydrogen-bond donors (Lipinski definition) is 1. The Morgan fingerprint density at radius 3 is 2.60 bits per heavy atom. The molecule has 7 nitrogen and oxygen atoms in total. The molecule has 0 unspecified atom stereocenters. The van der Waals surface area contributed by atoms with Crippen LogP contribution in [0.25, 0.3) is 11.3 Å². The van der Waals surface area contributed by atoms with Crippen molar-refractivity contribution >= 4 is 17.6 Å². The van der Waals surface area contributed by atoms with Gasteiger partial charge in [-0.1, -0.05) is 24.3 Å². The number of rotatable bonds is 2. The van der Waals surface area contributed by atoms with Gasteiger partial charge in [-0.15, -0.1) is 0 Å². The summed E-state index contributed by atoms with van der Waals surface area (Å²) >= 11 is 0. The summed E-state index contributed by atoms with van der Waals surface area (Å²) < 4.78 is 7.54. The first-order valence-corrected chi connectivity index (χ1v) is 10.3. The van der Waals surface area contributed by atoms with Crippen molar-refractivity contribution in [3.8, 4) is 5.69 Å². The van der Waals surface area contributed by atoms with E-state index in [2.05, 4.69) is 11.9 Å². The van der Waals surface area contributed by atoms with E-state index in [4.69, 9.17) is 9.84 Å². The molecule has 0 radical (unpaired) electrons. The number of amides is 2. The zero-order valence-corrected chi connectivity index (χ0v) is 18.0. The molecule has 2 aliphatic heterocycles. The number of carbonyl (C=O) groups is 2. The van der Waals surface area contributed by atoms with Gasteiger partial charge in [-0.05, 0) is 45.4 Å². The zero-order valence-electron chi connectivity index (χ0n) is 18.0. The molecule has 2 aromatic rings. The van der Waals surface area contributed by atoms with Crippen LogP contribution in [0.4, 0.5) is 4.79 Å². The summed E-state index contributed by atoms with van der Waals surface area (Å²) in [7, 11) is 0. The van der Waals surface area contributed by atoms with Crippen molar-refractivity contribution in [1.29, 1.82) is 0 Å². The van der Waals surface area contributed by atoms with Crippen molar-refractivity contribution in [3.05, 3.63) is 53.4 Å². The number of ether oxygens (including phenoxy) is 1. The number of nitrogens with zero attached hydrogens (tertiary/aromatic N) is 3. The Balaban J connectivity index is 1.75. The van der Waals surface area contributed by atoms with Crippen LogP contribution in [0.1, 0.15) is 56.3 Å². The molecule has 30 heavy (non-hydrogen) atoms. The fourth-order valence-electron chi connectivity index (χ4n) is 4.09. The number of aromatic nitrogens is 2. The summed E-state index contributed by atoms with van der Waals surface area (Å²) in [5, 5.41) is 7.71. The topological polar surface area (TPSA) is 76.5 Å². The summed E-state index contributed by atoms with van der Waals surface area (Å²) in [4.78, 5) is 26.9. The van der Waals surface area contributed by atoms with E-state index in [0.717, 1.165) is 33.8 Å². The molecule has 3 heterocycles. The largest absolute Gasteiger partial charge is 0.444 e. The van der Waals surface area contributed by atoms with Gasteiger partial charge < -0.3 is 10.1 Å². The predicted octanol–water partition coefficient (Wildman–Crippen LogP) is 3.41.